The second-order valence-corrected chi connectivity index (χ2v) is 7.04. The number of rotatable bonds is 7. The third-order valence-corrected chi connectivity index (χ3v) is 5.36. The van der Waals surface area contributed by atoms with Gasteiger partial charge in [0.15, 0.2) is 0 Å². The second-order valence-electron chi connectivity index (χ2n) is 5.13. The molecule has 0 unspecified atom stereocenters. The fraction of sp³-hybridized carbons (Fsp3) is 0.467. The van der Waals surface area contributed by atoms with Crippen molar-refractivity contribution >= 4 is 10.0 Å². The first-order valence-electron chi connectivity index (χ1n) is 6.83. The van der Waals surface area contributed by atoms with Gasteiger partial charge in [0, 0.05) is 13.1 Å². The van der Waals surface area contributed by atoms with Crippen LogP contribution in [0.1, 0.15) is 18.4 Å². The molecule has 1 aromatic carbocycles. The molecule has 1 fully saturated rings. The number of terminal acetylenes is 1. The SMILES string of the molecule is C#CCN(CC1CC1)S(=O)(=O)c1ccc(CN)cc1OC. The lowest BCUT2D eigenvalue weighted by Gasteiger charge is -2.21. The average Bonchev–Trinajstić information content (AvgIpc) is 3.30. The molecule has 1 aliphatic rings. The van der Waals surface area contributed by atoms with Crippen molar-refractivity contribution in [3.63, 3.8) is 0 Å². The molecule has 0 aromatic heterocycles. The summed E-state index contributed by atoms with van der Waals surface area (Å²) >= 11 is 0. The van der Waals surface area contributed by atoms with Crippen molar-refractivity contribution in [3.05, 3.63) is 23.8 Å². The molecule has 6 heteroatoms. The number of nitrogens with zero attached hydrogens (tertiary/aromatic N) is 1. The van der Waals surface area contributed by atoms with Crippen molar-refractivity contribution < 1.29 is 13.2 Å². The summed E-state index contributed by atoms with van der Waals surface area (Å²) in [6, 6.07) is 4.88. The van der Waals surface area contributed by atoms with Gasteiger partial charge in [-0.15, -0.1) is 6.42 Å². The number of hydrogen-bond acceptors (Lipinski definition) is 4. The molecular formula is C15H20N2O3S. The van der Waals surface area contributed by atoms with Crippen LogP contribution in [0.15, 0.2) is 23.1 Å². The highest BCUT2D eigenvalue weighted by Crippen LogP contribution is 2.33. The van der Waals surface area contributed by atoms with Gasteiger partial charge in [0.05, 0.1) is 13.7 Å². The largest absolute Gasteiger partial charge is 0.495 e. The van der Waals surface area contributed by atoms with E-state index in [0.717, 1.165) is 18.4 Å². The van der Waals surface area contributed by atoms with E-state index in [2.05, 4.69) is 5.92 Å². The van der Waals surface area contributed by atoms with E-state index < -0.39 is 10.0 Å². The highest BCUT2D eigenvalue weighted by molar-refractivity contribution is 7.89. The van der Waals surface area contributed by atoms with Crippen molar-refractivity contribution in [2.45, 2.75) is 24.3 Å². The lowest BCUT2D eigenvalue weighted by molar-refractivity contribution is 0.393. The quantitative estimate of drug-likeness (QED) is 0.768. The summed E-state index contributed by atoms with van der Waals surface area (Å²) in [5.41, 5.74) is 6.39. The molecule has 1 aliphatic carbocycles. The Morgan fingerprint density at radius 3 is 2.71 bits per heavy atom. The van der Waals surface area contributed by atoms with E-state index in [-0.39, 0.29) is 11.4 Å². The molecule has 114 valence electrons. The lowest BCUT2D eigenvalue weighted by Crippen LogP contribution is -2.33. The molecule has 0 heterocycles. The fourth-order valence-corrected chi connectivity index (χ4v) is 3.70. The summed E-state index contributed by atoms with van der Waals surface area (Å²) in [6.07, 6.45) is 7.42. The summed E-state index contributed by atoms with van der Waals surface area (Å²) in [6.45, 7) is 0.863. The van der Waals surface area contributed by atoms with Gasteiger partial charge in [0.2, 0.25) is 10.0 Å². The predicted molar refractivity (Wildman–Crippen MR) is 81.2 cm³/mol. The summed E-state index contributed by atoms with van der Waals surface area (Å²) in [4.78, 5) is 0.137. The van der Waals surface area contributed by atoms with Crippen molar-refractivity contribution in [2.75, 3.05) is 20.2 Å². The van der Waals surface area contributed by atoms with Crippen molar-refractivity contribution in [2.24, 2.45) is 11.7 Å². The Labute approximate surface area is 126 Å². The molecule has 1 saturated carbocycles. The number of benzene rings is 1. The van der Waals surface area contributed by atoms with Crippen LogP contribution in [0.25, 0.3) is 0 Å². The van der Waals surface area contributed by atoms with E-state index in [1.807, 2.05) is 0 Å². The first-order valence-corrected chi connectivity index (χ1v) is 8.27. The van der Waals surface area contributed by atoms with Crippen LogP contribution in [0.5, 0.6) is 5.75 Å². The van der Waals surface area contributed by atoms with Gasteiger partial charge in [-0.2, -0.15) is 4.31 Å². The summed E-state index contributed by atoms with van der Waals surface area (Å²) in [5, 5.41) is 0. The first kappa shape index (κ1) is 15.8. The zero-order valence-corrected chi connectivity index (χ0v) is 12.9. The molecule has 2 N–H and O–H groups in total. The average molecular weight is 308 g/mol. The Balaban J connectivity index is 2.38. The second kappa shape index (κ2) is 6.48. The van der Waals surface area contributed by atoms with Gasteiger partial charge >= 0.3 is 0 Å². The Morgan fingerprint density at radius 1 is 1.48 bits per heavy atom. The number of ether oxygens (including phenoxy) is 1. The van der Waals surface area contributed by atoms with Gasteiger partial charge < -0.3 is 10.5 Å². The summed E-state index contributed by atoms with van der Waals surface area (Å²) in [5.74, 6) is 3.14. The number of hydrogen-bond donors (Lipinski definition) is 1. The smallest absolute Gasteiger partial charge is 0.247 e. The van der Waals surface area contributed by atoms with Crippen LogP contribution in [-0.4, -0.2) is 32.9 Å². The Hall–Kier alpha value is -1.55. The van der Waals surface area contributed by atoms with Crippen LogP contribution in [0.2, 0.25) is 0 Å². The maximum absolute atomic E-state index is 12.8. The van der Waals surface area contributed by atoms with Gasteiger partial charge in [-0.05, 0) is 36.5 Å². The van der Waals surface area contributed by atoms with Crippen molar-refractivity contribution in [1.82, 2.24) is 4.31 Å². The molecule has 2 rings (SSSR count). The van der Waals surface area contributed by atoms with E-state index in [1.165, 1.54) is 17.5 Å². The molecule has 5 nitrogen and oxygen atoms in total. The van der Waals surface area contributed by atoms with Crippen LogP contribution in [0.3, 0.4) is 0 Å². The Kier molecular flexibility index (Phi) is 4.88. The van der Waals surface area contributed by atoms with Gasteiger partial charge in [-0.3, -0.25) is 0 Å². The van der Waals surface area contributed by atoms with E-state index in [4.69, 9.17) is 16.9 Å². The van der Waals surface area contributed by atoms with Crippen LogP contribution in [0, 0.1) is 18.3 Å². The molecule has 21 heavy (non-hydrogen) atoms. The van der Waals surface area contributed by atoms with Crippen LogP contribution < -0.4 is 10.5 Å². The zero-order chi connectivity index (χ0) is 15.5. The summed E-state index contributed by atoms with van der Waals surface area (Å²) in [7, 11) is -2.22. The van der Waals surface area contributed by atoms with Crippen LogP contribution in [-0.2, 0) is 16.6 Å². The number of nitrogens with two attached hydrogens (primary N) is 1. The maximum atomic E-state index is 12.8. The Morgan fingerprint density at radius 2 is 2.19 bits per heavy atom. The highest BCUT2D eigenvalue weighted by Gasteiger charge is 2.32. The molecule has 0 spiro atoms. The molecule has 0 aliphatic heterocycles. The van der Waals surface area contributed by atoms with Gasteiger partial charge in [-0.25, -0.2) is 8.42 Å². The standard InChI is InChI=1S/C15H20N2O3S/c1-3-8-17(11-12-4-5-12)21(18,19)15-7-6-13(10-16)9-14(15)20-2/h1,6-7,9,12H,4-5,8,10-11,16H2,2H3. The maximum Gasteiger partial charge on any atom is 0.247 e. The minimum absolute atomic E-state index is 0.0701. The van der Waals surface area contributed by atoms with Crippen molar-refractivity contribution in [3.8, 4) is 18.1 Å². The summed E-state index contributed by atoms with van der Waals surface area (Å²) < 4.78 is 32.1. The molecule has 0 atom stereocenters. The Bertz CT molecular complexity index is 645. The zero-order valence-electron chi connectivity index (χ0n) is 12.1. The van der Waals surface area contributed by atoms with Crippen molar-refractivity contribution in [1.29, 1.82) is 0 Å². The van der Waals surface area contributed by atoms with E-state index in [9.17, 15) is 8.42 Å². The highest BCUT2D eigenvalue weighted by atomic mass is 32.2. The minimum Gasteiger partial charge on any atom is -0.495 e. The molecule has 0 saturated heterocycles. The molecule has 0 radical (unpaired) electrons. The van der Waals surface area contributed by atoms with Gasteiger partial charge in [0.1, 0.15) is 10.6 Å². The van der Waals surface area contributed by atoms with Gasteiger partial charge in [0.25, 0.3) is 0 Å². The van der Waals surface area contributed by atoms with E-state index in [1.54, 1.807) is 12.1 Å². The number of sulfonamides is 1. The van der Waals surface area contributed by atoms with E-state index >= 15 is 0 Å². The van der Waals surface area contributed by atoms with Crippen LogP contribution in [0.4, 0.5) is 0 Å². The first-order chi connectivity index (χ1) is 10.0. The number of methoxy groups -OCH3 is 1. The monoisotopic (exact) mass is 308 g/mol. The third-order valence-electron chi connectivity index (χ3n) is 3.51. The molecular weight excluding hydrogens is 288 g/mol. The normalized spacial score (nSPS) is 15.0. The van der Waals surface area contributed by atoms with E-state index in [0.29, 0.717) is 24.8 Å². The lowest BCUT2D eigenvalue weighted by atomic mass is 10.2. The topological polar surface area (TPSA) is 72.6 Å². The van der Waals surface area contributed by atoms with Gasteiger partial charge in [-0.1, -0.05) is 12.0 Å². The van der Waals surface area contributed by atoms with Crippen LogP contribution >= 0.6 is 0 Å². The molecule has 1 aromatic rings. The minimum atomic E-state index is -3.66. The fourth-order valence-electron chi connectivity index (χ4n) is 2.13. The molecule has 0 amide bonds. The third kappa shape index (κ3) is 3.56. The predicted octanol–water partition coefficient (Wildman–Crippen LogP) is 1.19. The molecule has 0 bridgehead atoms.